The van der Waals surface area contributed by atoms with Crippen LogP contribution in [0.5, 0.6) is 17.2 Å². The summed E-state index contributed by atoms with van der Waals surface area (Å²) in [6.07, 6.45) is -5.16. The van der Waals surface area contributed by atoms with Crippen molar-refractivity contribution in [2.24, 2.45) is 27.8 Å². The molecular formula is C62H93N11O21S2. The number of phenols is 1. The van der Waals surface area contributed by atoms with Crippen LogP contribution >= 0.6 is 11.8 Å². The van der Waals surface area contributed by atoms with Gasteiger partial charge in [0.1, 0.15) is 47.2 Å². The second kappa shape index (κ2) is 34.4. The number of fused-ring (bicyclic) bond motifs is 3. The number of methoxy groups -OCH3 is 1. The zero-order chi connectivity index (χ0) is 69.7. The van der Waals surface area contributed by atoms with Crippen LogP contribution in [0, 0.1) is 17.8 Å². The van der Waals surface area contributed by atoms with Crippen molar-refractivity contribution in [2.45, 2.75) is 176 Å². The molecule has 0 spiro atoms. The average Bonchev–Trinajstić information content (AvgIpc) is 1.72. The first kappa shape index (κ1) is 75.4. The van der Waals surface area contributed by atoms with Gasteiger partial charge in [-0.05, 0) is 137 Å². The second-order valence-electron chi connectivity index (χ2n) is 25.7. The molecule has 2 aromatic rings. The van der Waals surface area contributed by atoms with E-state index in [1.165, 1.54) is 37.4 Å². The number of nitrogens with zero attached hydrogens (tertiary/aromatic N) is 6. The van der Waals surface area contributed by atoms with Crippen molar-refractivity contribution in [1.29, 1.82) is 0 Å². The minimum atomic E-state index is -5.22. The summed E-state index contributed by atoms with van der Waals surface area (Å²) in [6.45, 7) is 3.38. The van der Waals surface area contributed by atoms with Crippen molar-refractivity contribution in [3.63, 3.8) is 0 Å². The maximum absolute atomic E-state index is 15.1. The number of aliphatic hydroxyl groups is 8. The molecular weight excluding hydrogens is 1300 g/mol. The Bertz CT molecular complexity index is 3180. The van der Waals surface area contributed by atoms with Crippen LogP contribution in [-0.4, -0.2) is 282 Å². The number of aromatic hydroxyl groups is 1. The zero-order valence-electron chi connectivity index (χ0n) is 54.2. The summed E-state index contributed by atoms with van der Waals surface area (Å²) in [5, 5.41) is 121. The number of hydrogen-bond acceptors (Lipinski definition) is 26. The summed E-state index contributed by atoms with van der Waals surface area (Å²) in [4.78, 5) is 96.8. The fourth-order valence-electron chi connectivity index (χ4n) is 13.0. The van der Waals surface area contributed by atoms with Crippen molar-refractivity contribution in [1.82, 2.24) is 46.3 Å². The Labute approximate surface area is 561 Å². The first-order valence-corrected chi connectivity index (χ1v) is 34.8. The van der Waals surface area contributed by atoms with Gasteiger partial charge in [-0.3, -0.25) is 43.2 Å². The molecule has 96 heavy (non-hydrogen) atoms. The van der Waals surface area contributed by atoms with Gasteiger partial charge in [0.2, 0.25) is 35.4 Å². The highest BCUT2D eigenvalue weighted by atomic mass is 32.3. The zero-order valence-corrected chi connectivity index (χ0v) is 55.8. The van der Waals surface area contributed by atoms with Crippen molar-refractivity contribution in [3.05, 3.63) is 53.6 Å². The number of aliphatic hydroxyl groups excluding tert-OH is 8. The molecule has 0 radical (unpaired) electrons. The van der Waals surface area contributed by atoms with Gasteiger partial charge < -0.3 is 96.0 Å². The Kier molecular flexibility index (Phi) is 27.0. The molecule has 14 atom stereocenters. The molecule has 6 aliphatic rings. The van der Waals surface area contributed by atoms with Crippen LogP contribution in [0.4, 0.5) is 0 Å². The van der Waals surface area contributed by atoms with Gasteiger partial charge in [-0.25, -0.2) is 5.01 Å². The molecule has 534 valence electrons. The lowest BCUT2D eigenvalue weighted by Gasteiger charge is -2.39. The fraction of sp³-hybridized carbons (Fsp3) is 0.677. The van der Waals surface area contributed by atoms with E-state index in [2.05, 4.69) is 30.8 Å². The minimum absolute atomic E-state index is 0.0520. The lowest BCUT2D eigenvalue weighted by atomic mass is 9.78. The number of hydrazone groups is 1. The Morgan fingerprint density at radius 1 is 0.781 bits per heavy atom. The highest BCUT2D eigenvalue weighted by molar-refractivity contribution is 8.27. The fourth-order valence-corrected chi connectivity index (χ4v) is 14.4. The van der Waals surface area contributed by atoms with Gasteiger partial charge in [0, 0.05) is 57.7 Å². The van der Waals surface area contributed by atoms with Crippen LogP contribution in [0.2, 0.25) is 0 Å². The number of unbranched alkanes of at least 4 members (excludes halogenated alkanes) is 3. The average molecular weight is 1390 g/mol. The van der Waals surface area contributed by atoms with E-state index in [0.29, 0.717) is 26.0 Å². The number of thioether (sulfide) groups is 1. The molecule has 4 fully saturated rings. The molecule has 5 aliphatic heterocycles. The number of carbonyl (C=O) groups excluding carboxylic acids is 6. The third kappa shape index (κ3) is 19.5. The molecule has 2 unspecified atom stereocenters. The Hall–Kier alpha value is -6.38. The van der Waals surface area contributed by atoms with Gasteiger partial charge in [0.05, 0.1) is 81.6 Å². The first-order valence-electron chi connectivity index (χ1n) is 32.6. The molecule has 2 aromatic carbocycles. The normalized spacial score (nSPS) is 29.3. The summed E-state index contributed by atoms with van der Waals surface area (Å²) >= 11 is 1.50. The Balaban J connectivity index is 1.03. The van der Waals surface area contributed by atoms with Crippen LogP contribution in [0.25, 0.3) is 0 Å². The van der Waals surface area contributed by atoms with Gasteiger partial charge in [-0.1, -0.05) is 19.4 Å². The van der Waals surface area contributed by atoms with Crippen LogP contribution < -0.4 is 35.5 Å². The van der Waals surface area contributed by atoms with E-state index in [0.717, 1.165) is 94.7 Å². The number of rotatable bonds is 25. The van der Waals surface area contributed by atoms with Crippen LogP contribution in [0.1, 0.15) is 96.1 Å². The smallest absolute Gasteiger partial charge is 0.446 e. The Morgan fingerprint density at radius 3 is 2.10 bits per heavy atom. The van der Waals surface area contributed by atoms with E-state index in [1.54, 1.807) is 7.11 Å². The van der Waals surface area contributed by atoms with Crippen molar-refractivity contribution in [3.8, 4) is 17.2 Å². The number of amides is 6. The number of hydrogen-bond donors (Lipinski definition) is 15. The van der Waals surface area contributed by atoms with E-state index in [-0.39, 0.29) is 43.1 Å². The Morgan fingerprint density at radius 2 is 1.45 bits per heavy atom. The number of benzene rings is 2. The van der Waals surface area contributed by atoms with E-state index < -0.39 is 188 Å². The third-order valence-corrected chi connectivity index (χ3v) is 20.0. The van der Waals surface area contributed by atoms with E-state index >= 15 is 4.79 Å². The third-order valence-electron chi connectivity index (χ3n) is 18.6. The summed E-state index contributed by atoms with van der Waals surface area (Å²) < 4.78 is 48.2. The van der Waals surface area contributed by atoms with Crippen molar-refractivity contribution >= 4 is 67.8 Å². The lowest BCUT2D eigenvalue weighted by Crippen LogP contribution is -2.64. The molecule has 0 aromatic heterocycles. The van der Waals surface area contributed by atoms with Crippen LogP contribution in [0.3, 0.4) is 0 Å². The number of nitrogens with one attached hydrogen (secondary N) is 5. The predicted octanol–water partition coefficient (Wildman–Crippen LogP) is -3.14. The first-order chi connectivity index (χ1) is 45.7. The molecule has 1 aliphatic carbocycles. The van der Waals surface area contributed by atoms with Gasteiger partial charge in [-0.2, -0.15) is 13.5 Å². The second-order valence-corrected chi connectivity index (χ2v) is 27.7. The van der Waals surface area contributed by atoms with Crippen LogP contribution in [0.15, 0.2) is 52.6 Å². The molecule has 34 heteroatoms. The summed E-state index contributed by atoms with van der Waals surface area (Å²) in [6, 6.07) is -1.04. The molecule has 32 nitrogen and oxygen atoms in total. The van der Waals surface area contributed by atoms with E-state index in [9.17, 15) is 82.9 Å². The number of β-amino-alcohol motifs (C(OH)–C–C–N with tert-alkyl or cyclic N) is 1. The topological polar surface area (TPSA) is 464 Å². The molecule has 0 bridgehead atoms. The van der Waals surface area contributed by atoms with Crippen molar-refractivity contribution < 1.29 is 101 Å². The monoisotopic (exact) mass is 1390 g/mol. The number of aliphatic imine (C=N–C) groups is 1. The minimum Gasteiger partial charge on any atom is -0.504 e. The SMILES string of the molecule is COCCCCCCOc1ccc(C2=NN3CC(C4CCC(CN5[C@@H](O)CNC(=O)[C@@H]6[C@@H](O)[C@@H](C)CN6C(=O)[C@H]([C@H](O)CCNC(CO)CO)NC(=O)[C@H]([C@H](O)Cc6ccc(O)c(OS(=O)(=O)O)c6)NC(=O)[C@@H]6C[C@@H](O)CN6C(=O)C([C@@H](C)O)NC(=O)[C@@H]5C)CC4)N=C3S2)cc1. The highest BCUT2D eigenvalue weighted by Crippen LogP contribution is 2.39. The molecule has 1 saturated carbocycles. The quantitative estimate of drug-likeness (QED) is 0.0345. The number of ether oxygens (including phenoxy) is 2. The molecule has 6 amide bonds. The maximum Gasteiger partial charge on any atom is 0.446 e. The number of phenolic OH excluding ortho intramolecular Hbond substituents is 1. The standard InChI is InChI=1S/C62H93N11O21S2/c1-33-27-72-53(54(33)82)58(86)64-26-49(81)70(28-36-9-12-38(13-10-36)43-30-73-62(65-43)95-59(69-73)39-14-16-42(17-15-39)93-22-8-6-5-7-21-92-4)34(2)55(83)66-50(35(3)76)60(87)71-29-41(77)25-44(71)56(84)67-51(47(80)23-37-11-18-45(78)48(24-37)94-96(89,90)91)57(85)68-52(61(72)88)46(79)19-20-63-40(31-74)32-75/h11,14-18,24,33-36,38,40-41,43-44,46-47,49-54,63,74-82H,5-10,12-13,19-23,25-32H2,1-4H3,(H,64,86)(H,66,83)(H,67,84)(H,68,85)(H,89,90,91)/t33-,34-,35+,36?,38?,41+,43?,44-,46+,47+,49-,50?,51-,52-,53-,54-/m0/s1. The van der Waals surface area contributed by atoms with Gasteiger partial charge in [0.15, 0.2) is 16.7 Å². The van der Waals surface area contributed by atoms with Gasteiger partial charge in [-0.15, -0.1) is 0 Å². The summed E-state index contributed by atoms with van der Waals surface area (Å²) in [7, 11) is -3.52. The van der Waals surface area contributed by atoms with Crippen LogP contribution in [-0.2, 0) is 50.3 Å². The largest absolute Gasteiger partial charge is 0.504 e. The molecule has 3 saturated heterocycles. The van der Waals surface area contributed by atoms with Crippen molar-refractivity contribution in [2.75, 3.05) is 72.8 Å². The van der Waals surface area contributed by atoms with E-state index in [4.69, 9.17) is 19.6 Å². The molecule has 8 rings (SSSR count). The van der Waals surface area contributed by atoms with Gasteiger partial charge >= 0.3 is 10.4 Å². The lowest BCUT2D eigenvalue weighted by molar-refractivity contribution is -0.147. The maximum atomic E-state index is 15.1. The summed E-state index contributed by atoms with van der Waals surface area (Å²) in [5.74, 6) is -8.36. The highest BCUT2D eigenvalue weighted by Gasteiger charge is 2.50. The predicted molar refractivity (Wildman–Crippen MR) is 346 cm³/mol. The summed E-state index contributed by atoms with van der Waals surface area (Å²) in [5.41, 5.74) is 0.853. The van der Waals surface area contributed by atoms with E-state index in [1.807, 2.05) is 29.3 Å². The molecule has 5 heterocycles. The number of amidine groups is 1. The number of carbonyl (C=O) groups is 6. The van der Waals surface area contributed by atoms with Gasteiger partial charge in [0.25, 0.3) is 0 Å². The molecule has 15 N–H and O–H groups in total.